The van der Waals surface area contributed by atoms with E-state index in [9.17, 15) is 0 Å². The predicted molar refractivity (Wildman–Crippen MR) is 65.0 cm³/mol. The summed E-state index contributed by atoms with van der Waals surface area (Å²) in [6.07, 6.45) is 1.72. The number of hydrogen-bond acceptors (Lipinski definition) is 3. The van der Waals surface area contributed by atoms with Crippen LogP contribution in [-0.4, -0.2) is 21.6 Å². The van der Waals surface area contributed by atoms with Crippen molar-refractivity contribution in [2.75, 3.05) is 7.11 Å². The van der Waals surface area contributed by atoms with E-state index in [1.807, 2.05) is 24.3 Å². The topological polar surface area (TPSA) is 30.8 Å². The molecule has 1 aromatic carbocycles. The van der Waals surface area contributed by atoms with E-state index in [-0.39, 0.29) is 0 Å². The second kappa shape index (κ2) is 4.98. The summed E-state index contributed by atoms with van der Waals surface area (Å²) in [4.78, 5) is 0. The third kappa shape index (κ3) is 4.65. The summed E-state index contributed by atoms with van der Waals surface area (Å²) in [6, 6.07) is 7.68. The zero-order valence-electron chi connectivity index (χ0n) is 9.65. The van der Waals surface area contributed by atoms with Gasteiger partial charge in [-0.25, -0.2) is 0 Å². The summed E-state index contributed by atoms with van der Waals surface area (Å²) in [5, 5.41) is 3.96. The molecule has 0 saturated carbocycles. The number of hydrogen-bond donors (Lipinski definition) is 0. The molecular formula is C11H17NO2Si. The van der Waals surface area contributed by atoms with Gasteiger partial charge in [0, 0.05) is 0 Å². The Hall–Kier alpha value is -1.29. The molecule has 1 aromatic rings. The van der Waals surface area contributed by atoms with Crippen molar-refractivity contribution in [1.82, 2.24) is 0 Å². The molecule has 0 heterocycles. The maximum Gasteiger partial charge on any atom is 0.278 e. The Balaban J connectivity index is 2.57. The van der Waals surface area contributed by atoms with E-state index in [2.05, 4.69) is 24.8 Å². The number of rotatable bonds is 4. The summed E-state index contributed by atoms with van der Waals surface area (Å²) < 4.78 is 10.4. The van der Waals surface area contributed by atoms with Gasteiger partial charge in [0.05, 0.1) is 13.3 Å². The maximum atomic E-state index is 5.37. The molecule has 0 spiro atoms. The van der Waals surface area contributed by atoms with E-state index in [0.29, 0.717) is 0 Å². The van der Waals surface area contributed by atoms with Gasteiger partial charge in [-0.15, -0.1) is 5.16 Å². The van der Waals surface area contributed by atoms with Crippen molar-refractivity contribution >= 4 is 14.5 Å². The molecule has 0 aromatic heterocycles. The van der Waals surface area contributed by atoms with Gasteiger partial charge in [0.25, 0.3) is 8.32 Å². The fraction of sp³-hybridized carbons (Fsp3) is 0.364. The average Bonchev–Trinajstić information content (AvgIpc) is 2.17. The highest BCUT2D eigenvalue weighted by Crippen LogP contribution is 2.10. The van der Waals surface area contributed by atoms with Crippen LogP contribution in [0.25, 0.3) is 0 Å². The van der Waals surface area contributed by atoms with Crippen LogP contribution in [0.2, 0.25) is 19.6 Å². The lowest BCUT2D eigenvalue weighted by atomic mass is 10.2. The van der Waals surface area contributed by atoms with Crippen molar-refractivity contribution < 1.29 is 9.26 Å². The smallest absolute Gasteiger partial charge is 0.278 e. The van der Waals surface area contributed by atoms with Crippen molar-refractivity contribution in [1.29, 1.82) is 0 Å². The van der Waals surface area contributed by atoms with E-state index < -0.39 is 8.32 Å². The highest BCUT2D eigenvalue weighted by Gasteiger charge is 2.15. The zero-order valence-corrected chi connectivity index (χ0v) is 10.7. The molecule has 0 unspecified atom stereocenters. The Morgan fingerprint density at radius 3 is 2.20 bits per heavy atom. The van der Waals surface area contributed by atoms with Crippen molar-refractivity contribution in [3.63, 3.8) is 0 Å². The third-order valence-electron chi connectivity index (χ3n) is 1.64. The number of oxime groups is 1. The zero-order chi connectivity index (χ0) is 11.3. The fourth-order valence-corrected chi connectivity index (χ4v) is 1.30. The van der Waals surface area contributed by atoms with Crippen LogP contribution in [0, 0.1) is 0 Å². The molecule has 15 heavy (non-hydrogen) atoms. The van der Waals surface area contributed by atoms with Crippen LogP contribution >= 0.6 is 0 Å². The summed E-state index contributed by atoms with van der Waals surface area (Å²) in [5.41, 5.74) is 1.01. The van der Waals surface area contributed by atoms with Gasteiger partial charge in [-0.2, -0.15) is 0 Å². The minimum Gasteiger partial charge on any atom is -0.497 e. The number of benzene rings is 1. The summed E-state index contributed by atoms with van der Waals surface area (Å²) in [5.74, 6) is 0.846. The fourth-order valence-electron chi connectivity index (χ4n) is 0.935. The molecule has 4 heteroatoms. The van der Waals surface area contributed by atoms with Crippen LogP contribution in [0.3, 0.4) is 0 Å². The van der Waals surface area contributed by atoms with Crippen molar-refractivity contribution in [3.05, 3.63) is 29.8 Å². The standard InChI is InChI=1S/C11H17NO2Si/c1-13-11-7-5-10(6-8-11)9-12-14-15(2,3)4/h5-9H,1-4H3. The lowest BCUT2D eigenvalue weighted by Crippen LogP contribution is -2.22. The monoisotopic (exact) mass is 223 g/mol. The molecule has 0 fully saturated rings. The highest BCUT2D eigenvalue weighted by molar-refractivity contribution is 6.69. The Morgan fingerprint density at radius 2 is 1.73 bits per heavy atom. The Labute approximate surface area is 91.8 Å². The Morgan fingerprint density at radius 1 is 1.13 bits per heavy atom. The number of nitrogens with zero attached hydrogens (tertiary/aromatic N) is 1. The molecule has 0 radical (unpaired) electrons. The van der Waals surface area contributed by atoms with Gasteiger partial charge in [0.2, 0.25) is 0 Å². The minimum atomic E-state index is -1.55. The van der Waals surface area contributed by atoms with E-state index in [1.54, 1.807) is 13.3 Å². The predicted octanol–water partition coefficient (Wildman–Crippen LogP) is 2.88. The van der Waals surface area contributed by atoms with E-state index in [4.69, 9.17) is 9.26 Å². The SMILES string of the molecule is COc1ccc(C=NO[Si](C)(C)C)cc1. The third-order valence-corrected chi connectivity index (χ3v) is 2.30. The lowest BCUT2D eigenvalue weighted by molar-refractivity contribution is 0.338. The van der Waals surface area contributed by atoms with Gasteiger partial charge < -0.3 is 9.26 Å². The first-order valence-corrected chi connectivity index (χ1v) is 8.28. The molecule has 0 saturated heterocycles. The molecule has 0 aliphatic carbocycles. The van der Waals surface area contributed by atoms with Crippen molar-refractivity contribution in [2.45, 2.75) is 19.6 Å². The number of methoxy groups -OCH3 is 1. The number of ether oxygens (including phenoxy) is 1. The molecule has 0 N–H and O–H groups in total. The van der Waals surface area contributed by atoms with Gasteiger partial charge >= 0.3 is 0 Å². The molecule has 0 aliphatic heterocycles. The summed E-state index contributed by atoms with van der Waals surface area (Å²) >= 11 is 0. The van der Waals surface area contributed by atoms with Crippen LogP contribution in [0.15, 0.2) is 29.4 Å². The minimum absolute atomic E-state index is 0.846. The summed E-state index contributed by atoms with van der Waals surface area (Å²) in [7, 11) is 0.0987. The van der Waals surface area contributed by atoms with Gasteiger partial charge in [-0.05, 0) is 49.5 Å². The van der Waals surface area contributed by atoms with Crippen molar-refractivity contribution in [2.24, 2.45) is 5.16 Å². The molecule has 82 valence electrons. The normalized spacial score (nSPS) is 11.7. The second-order valence-corrected chi connectivity index (χ2v) is 8.62. The van der Waals surface area contributed by atoms with Crippen LogP contribution in [0.5, 0.6) is 5.75 Å². The van der Waals surface area contributed by atoms with Crippen LogP contribution in [0.1, 0.15) is 5.56 Å². The Kier molecular flexibility index (Phi) is 3.91. The molecule has 0 aliphatic rings. The van der Waals surface area contributed by atoms with Gasteiger partial charge in [-0.3, -0.25) is 0 Å². The first-order valence-electron chi connectivity index (χ1n) is 4.87. The van der Waals surface area contributed by atoms with Gasteiger partial charge in [0.1, 0.15) is 5.75 Å². The quantitative estimate of drug-likeness (QED) is 0.446. The average molecular weight is 223 g/mol. The largest absolute Gasteiger partial charge is 0.497 e. The molecule has 0 bridgehead atoms. The van der Waals surface area contributed by atoms with Crippen molar-refractivity contribution in [3.8, 4) is 5.75 Å². The maximum absolute atomic E-state index is 5.37. The van der Waals surface area contributed by atoms with Crippen LogP contribution in [-0.2, 0) is 4.53 Å². The Bertz CT molecular complexity index is 327. The molecule has 0 amide bonds. The van der Waals surface area contributed by atoms with E-state index in [1.165, 1.54) is 0 Å². The molecule has 3 nitrogen and oxygen atoms in total. The van der Waals surface area contributed by atoms with E-state index in [0.717, 1.165) is 11.3 Å². The van der Waals surface area contributed by atoms with Gasteiger partial charge in [-0.1, -0.05) is 0 Å². The molecule has 0 atom stereocenters. The van der Waals surface area contributed by atoms with Gasteiger partial charge in [0.15, 0.2) is 0 Å². The first kappa shape index (κ1) is 11.8. The first-order chi connectivity index (χ1) is 7.01. The molecule has 1 rings (SSSR count). The second-order valence-electron chi connectivity index (χ2n) is 4.21. The van der Waals surface area contributed by atoms with E-state index >= 15 is 0 Å². The lowest BCUT2D eigenvalue weighted by Gasteiger charge is -2.11. The van der Waals surface area contributed by atoms with Crippen LogP contribution < -0.4 is 4.74 Å². The summed E-state index contributed by atoms with van der Waals surface area (Å²) in [6.45, 7) is 6.29. The van der Waals surface area contributed by atoms with Crippen LogP contribution in [0.4, 0.5) is 0 Å². The highest BCUT2D eigenvalue weighted by atomic mass is 28.4. The molecular weight excluding hydrogens is 206 g/mol.